The quantitative estimate of drug-likeness (QED) is 0.171. The Labute approximate surface area is 292 Å². The van der Waals surface area contributed by atoms with Crippen LogP contribution in [-0.2, 0) is 33.8 Å². The molecule has 5 rings (SSSR count). The van der Waals surface area contributed by atoms with Crippen LogP contribution in [0.15, 0.2) is 66.7 Å². The number of aliphatic hydroxyl groups excluding tert-OH is 1. The first-order chi connectivity index (χ1) is 23.7. The summed E-state index contributed by atoms with van der Waals surface area (Å²) in [6.45, 7) is 10.9. The van der Waals surface area contributed by atoms with Crippen molar-refractivity contribution in [1.82, 2.24) is 4.90 Å². The maximum atomic E-state index is 13.1. The number of carbonyl (C=O) groups is 1. The van der Waals surface area contributed by atoms with Gasteiger partial charge in [0.05, 0.1) is 46.2 Å². The van der Waals surface area contributed by atoms with Gasteiger partial charge in [-0.15, -0.1) is 0 Å². The van der Waals surface area contributed by atoms with E-state index in [9.17, 15) is 9.90 Å². The number of likely N-dealkylation sites (tertiary alicyclic amines) is 1. The van der Waals surface area contributed by atoms with Crippen LogP contribution in [0.25, 0.3) is 0 Å². The van der Waals surface area contributed by atoms with Gasteiger partial charge in [0.1, 0.15) is 17.1 Å². The molecule has 266 valence electrons. The Morgan fingerprint density at radius 2 is 1.78 bits per heavy atom. The number of rotatable bonds is 15. The number of hydrogen-bond donors (Lipinski definition) is 1. The Morgan fingerprint density at radius 3 is 2.55 bits per heavy atom. The Morgan fingerprint density at radius 1 is 0.959 bits per heavy atom. The second kappa shape index (κ2) is 17.7. The highest BCUT2D eigenvalue weighted by atomic mass is 16.6. The van der Waals surface area contributed by atoms with Gasteiger partial charge in [-0.25, -0.2) is 4.79 Å². The van der Waals surface area contributed by atoms with Gasteiger partial charge < -0.3 is 38.6 Å². The van der Waals surface area contributed by atoms with Gasteiger partial charge in [-0.1, -0.05) is 42.5 Å². The molecule has 9 heteroatoms. The molecule has 1 amide bonds. The van der Waals surface area contributed by atoms with E-state index in [-0.39, 0.29) is 24.7 Å². The Kier molecular flexibility index (Phi) is 13.2. The van der Waals surface area contributed by atoms with Crippen molar-refractivity contribution >= 4 is 11.8 Å². The summed E-state index contributed by atoms with van der Waals surface area (Å²) in [5, 5.41) is 9.40. The van der Waals surface area contributed by atoms with Gasteiger partial charge in [-0.3, -0.25) is 0 Å². The molecule has 2 atom stereocenters. The van der Waals surface area contributed by atoms with Crippen LogP contribution in [0.3, 0.4) is 0 Å². The van der Waals surface area contributed by atoms with Gasteiger partial charge in [0.2, 0.25) is 0 Å². The molecule has 3 aromatic rings. The van der Waals surface area contributed by atoms with E-state index in [1.165, 1.54) is 16.8 Å². The second-order valence-corrected chi connectivity index (χ2v) is 13.9. The molecule has 2 aliphatic rings. The van der Waals surface area contributed by atoms with E-state index in [4.69, 9.17) is 23.7 Å². The van der Waals surface area contributed by atoms with Gasteiger partial charge in [0, 0.05) is 49.8 Å². The van der Waals surface area contributed by atoms with Gasteiger partial charge in [0.25, 0.3) is 0 Å². The molecule has 0 saturated carbocycles. The number of hydrogen-bond acceptors (Lipinski definition) is 8. The van der Waals surface area contributed by atoms with Crippen molar-refractivity contribution in [3.8, 4) is 11.5 Å². The number of nitrogens with zero attached hydrogens (tertiary/aromatic N) is 2. The molecule has 1 saturated heterocycles. The number of amides is 1. The van der Waals surface area contributed by atoms with E-state index in [0.717, 1.165) is 67.8 Å². The number of ether oxygens (including phenoxy) is 5. The fourth-order valence-corrected chi connectivity index (χ4v) is 6.61. The molecule has 49 heavy (non-hydrogen) atoms. The highest BCUT2D eigenvalue weighted by Gasteiger charge is 2.35. The van der Waals surface area contributed by atoms with E-state index in [0.29, 0.717) is 39.5 Å². The summed E-state index contributed by atoms with van der Waals surface area (Å²) in [7, 11) is 1.67. The molecular formula is C40H54N2O7. The molecule has 0 radical (unpaired) electrons. The minimum atomic E-state index is -0.563. The first-order valence-corrected chi connectivity index (χ1v) is 17.7. The Hall–Kier alpha value is -3.79. The molecule has 1 fully saturated rings. The van der Waals surface area contributed by atoms with Crippen LogP contribution in [0.1, 0.15) is 74.6 Å². The number of aliphatic hydroxyl groups is 1. The van der Waals surface area contributed by atoms with E-state index in [1.807, 2.05) is 57.2 Å². The molecule has 0 aromatic heterocycles. The molecule has 0 bridgehead atoms. The maximum absolute atomic E-state index is 13.1. The molecule has 0 spiro atoms. The van der Waals surface area contributed by atoms with Crippen LogP contribution < -0.4 is 14.4 Å². The largest absolute Gasteiger partial charge is 0.496 e. The third kappa shape index (κ3) is 10.6. The van der Waals surface area contributed by atoms with Crippen LogP contribution in [0.5, 0.6) is 11.5 Å². The van der Waals surface area contributed by atoms with Gasteiger partial charge in [-0.2, -0.15) is 0 Å². The smallest absolute Gasteiger partial charge is 0.410 e. The van der Waals surface area contributed by atoms with Crippen molar-refractivity contribution in [1.29, 1.82) is 0 Å². The molecule has 3 aromatic carbocycles. The number of piperidine rings is 1. The number of anilines is 1. The number of fused-ring (bicyclic) bond motifs is 1. The fraction of sp³-hybridized carbons (Fsp3) is 0.525. The van der Waals surface area contributed by atoms with Crippen LogP contribution >= 0.6 is 0 Å². The maximum Gasteiger partial charge on any atom is 0.410 e. The molecule has 2 heterocycles. The van der Waals surface area contributed by atoms with Crippen LogP contribution in [0, 0.1) is 0 Å². The normalized spacial score (nSPS) is 17.8. The van der Waals surface area contributed by atoms with Crippen LogP contribution in [-0.4, -0.2) is 80.9 Å². The predicted octanol–water partition coefficient (Wildman–Crippen LogP) is 7.13. The summed E-state index contributed by atoms with van der Waals surface area (Å²) in [6, 6.07) is 22.8. The van der Waals surface area contributed by atoms with Crippen molar-refractivity contribution < 1.29 is 33.6 Å². The third-order valence-electron chi connectivity index (χ3n) is 9.09. The van der Waals surface area contributed by atoms with Gasteiger partial charge >= 0.3 is 6.09 Å². The van der Waals surface area contributed by atoms with Gasteiger partial charge in [-0.05, 0) is 87.4 Å². The van der Waals surface area contributed by atoms with E-state index >= 15 is 0 Å². The molecule has 0 unspecified atom stereocenters. The van der Waals surface area contributed by atoms with Crippen molar-refractivity contribution in [3.05, 3.63) is 89.0 Å². The zero-order valence-electron chi connectivity index (χ0n) is 29.7. The lowest BCUT2D eigenvalue weighted by atomic mass is 9.87. The summed E-state index contributed by atoms with van der Waals surface area (Å²) < 4.78 is 29.7. The minimum absolute atomic E-state index is 0.120. The van der Waals surface area contributed by atoms with Crippen molar-refractivity contribution in [2.24, 2.45) is 0 Å². The first-order valence-electron chi connectivity index (χ1n) is 17.7. The number of methoxy groups -OCH3 is 1. The number of aryl methyl sites for hydroxylation is 1. The Bertz CT molecular complexity index is 1470. The highest BCUT2D eigenvalue weighted by molar-refractivity contribution is 5.68. The first kappa shape index (κ1) is 36.5. The standard InChI is InChI=1S/C40H54N2O7/c1-40(2,3)49-39(44)42-22-19-35(38(27-42)48-28-30-13-14-32-11-7-20-41(21-8-23-43)36(32)26-30)31-15-17-34(18-16-31)47-25-9-24-46-29-33-10-5-6-12-37(33)45-4/h5-6,10,12-18,26,35,38,43H,7-9,11,19-25,27-29H2,1-4H3/t35-,38+/m1/s1. The topological polar surface area (TPSA) is 89.9 Å². The minimum Gasteiger partial charge on any atom is -0.496 e. The third-order valence-corrected chi connectivity index (χ3v) is 9.09. The lowest BCUT2D eigenvalue weighted by Crippen LogP contribution is -2.48. The lowest BCUT2D eigenvalue weighted by Gasteiger charge is -2.39. The average Bonchev–Trinajstić information content (AvgIpc) is 3.10. The van der Waals surface area contributed by atoms with Crippen LogP contribution in [0.2, 0.25) is 0 Å². The number of carbonyl (C=O) groups excluding carboxylic acids is 1. The summed E-state index contributed by atoms with van der Waals surface area (Å²) in [4.78, 5) is 17.2. The molecular weight excluding hydrogens is 620 g/mol. The van der Waals surface area contributed by atoms with Crippen molar-refractivity contribution in [3.63, 3.8) is 0 Å². The summed E-state index contributed by atoms with van der Waals surface area (Å²) in [5.41, 5.74) is 5.34. The summed E-state index contributed by atoms with van der Waals surface area (Å²) in [6.07, 6.45) is 4.00. The van der Waals surface area contributed by atoms with Crippen molar-refractivity contribution in [2.75, 3.05) is 58.0 Å². The lowest BCUT2D eigenvalue weighted by molar-refractivity contribution is -0.0359. The monoisotopic (exact) mass is 674 g/mol. The zero-order valence-corrected chi connectivity index (χ0v) is 29.7. The van der Waals surface area contributed by atoms with E-state index in [1.54, 1.807) is 12.0 Å². The molecule has 2 aliphatic heterocycles. The second-order valence-electron chi connectivity index (χ2n) is 13.9. The molecule has 0 aliphatic carbocycles. The number of benzene rings is 3. The SMILES string of the molecule is COc1ccccc1COCCCOc1ccc([C@H]2CCN(C(=O)OC(C)(C)C)C[C@@H]2OCc2ccc3c(c2)N(CCCO)CCC3)cc1. The van der Waals surface area contributed by atoms with Crippen molar-refractivity contribution in [2.45, 2.75) is 83.7 Å². The summed E-state index contributed by atoms with van der Waals surface area (Å²) in [5.74, 6) is 1.77. The molecule has 9 nitrogen and oxygen atoms in total. The highest BCUT2D eigenvalue weighted by Crippen LogP contribution is 2.34. The number of para-hydroxylation sites is 1. The Balaban J connectivity index is 1.19. The zero-order chi connectivity index (χ0) is 34.6. The average molecular weight is 675 g/mol. The van der Waals surface area contributed by atoms with Crippen LogP contribution in [0.4, 0.5) is 10.5 Å². The van der Waals surface area contributed by atoms with Gasteiger partial charge in [0.15, 0.2) is 0 Å². The predicted molar refractivity (Wildman–Crippen MR) is 192 cm³/mol. The van der Waals surface area contributed by atoms with E-state index < -0.39 is 5.60 Å². The molecule has 1 N–H and O–H groups in total. The fourth-order valence-electron chi connectivity index (χ4n) is 6.61. The van der Waals surface area contributed by atoms with E-state index in [2.05, 4.69) is 35.2 Å². The summed E-state index contributed by atoms with van der Waals surface area (Å²) >= 11 is 0.